The van der Waals surface area contributed by atoms with Gasteiger partial charge in [-0.05, 0) is 73.4 Å². The second-order valence-electron chi connectivity index (χ2n) is 10.6. The highest BCUT2D eigenvalue weighted by molar-refractivity contribution is 7.92. The lowest BCUT2D eigenvalue weighted by molar-refractivity contribution is -0.118. The third-order valence-electron chi connectivity index (χ3n) is 6.93. The van der Waals surface area contributed by atoms with Crippen LogP contribution < -0.4 is 25.0 Å². The number of aryl methyl sites for hydroxylation is 1. The van der Waals surface area contributed by atoms with E-state index in [0.29, 0.717) is 61.1 Å². The summed E-state index contributed by atoms with van der Waals surface area (Å²) < 4.78 is 40.7. The van der Waals surface area contributed by atoms with Gasteiger partial charge in [-0.3, -0.25) is 14.3 Å². The molecule has 1 aliphatic heterocycles. The van der Waals surface area contributed by atoms with Gasteiger partial charge < -0.3 is 25.0 Å². The van der Waals surface area contributed by atoms with E-state index in [4.69, 9.17) is 9.47 Å². The van der Waals surface area contributed by atoms with Crippen molar-refractivity contribution in [2.75, 3.05) is 48.4 Å². The minimum atomic E-state index is -4.06. The fourth-order valence-corrected chi connectivity index (χ4v) is 6.05. The van der Waals surface area contributed by atoms with Crippen molar-refractivity contribution in [2.45, 2.75) is 38.1 Å². The van der Waals surface area contributed by atoms with Gasteiger partial charge in [0.15, 0.2) is 0 Å². The molecule has 3 aromatic carbocycles. The van der Waals surface area contributed by atoms with E-state index >= 15 is 0 Å². The van der Waals surface area contributed by atoms with Crippen molar-refractivity contribution in [1.29, 1.82) is 0 Å². The molecule has 42 heavy (non-hydrogen) atoms. The highest BCUT2D eigenvalue weighted by Crippen LogP contribution is 2.31. The SMILES string of the molecule is COc1ccc(NS(=O)(=O)c2cc(NC(=O)C(CC(C)C)NC(=O)c3ccccc3C)ccc2N2CCOCC2)cc1. The number of amides is 2. The third kappa shape index (κ3) is 7.80. The fraction of sp³-hybridized carbons (Fsp3) is 0.355. The number of hydrogen-bond donors (Lipinski definition) is 3. The molecule has 3 aromatic rings. The second kappa shape index (κ2) is 13.7. The lowest BCUT2D eigenvalue weighted by atomic mass is 10.0. The average molecular weight is 595 g/mol. The Morgan fingerprint density at radius 3 is 2.29 bits per heavy atom. The first-order chi connectivity index (χ1) is 20.1. The van der Waals surface area contributed by atoms with Gasteiger partial charge in [0.1, 0.15) is 16.7 Å². The maximum absolute atomic E-state index is 13.7. The summed E-state index contributed by atoms with van der Waals surface area (Å²) in [5, 5.41) is 5.70. The molecule has 3 N–H and O–H groups in total. The summed E-state index contributed by atoms with van der Waals surface area (Å²) in [5.74, 6) is -0.0619. The maximum Gasteiger partial charge on any atom is 0.264 e. The van der Waals surface area contributed by atoms with Crippen LogP contribution in [0.5, 0.6) is 5.75 Å². The van der Waals surface area contributed by atoms with Crippen LogP contribution in [0.15, 0.2) is 71.6 Å². The number of carbonyl (C=O) groups is 2. The van der Waals surface area contributed by atoms with Crippen molar-refractivity contribution in [3.63, 3.8) is 0 Å². The van der Waals surface area contributed by atoms with Crippen LogP contribution in [0.25, 0.3) is 0 Å². The van der Waals surface area contributed by atoms with Crippen molar-refractivity contribution in [3.8, 4) is 5.75 Å². The zero-order valence-corrected chi connectivity index (χ0v) is 25.2. The Morgan fingerprint density at radius 2 is 1.64 bits per heavy atom. The summed E-state index contributed by atoms with van der Waals surface area (Å²) in [6, 6.07) is 17.7. The largest absolute Gasteiger partial charge is 0.497 e. The van der Waals surface area contributed by atoms with Crippen LogP contribution in [0.4, 0.5) is 17.1 Å². The first-order valence-corrected chi connectivity index (χ1v) is 15.4. The number of ether oxygens (including phenoxy) is 2. The van der Waals surface area contributed by atoms with Crippen LogP contribution in [0.1, 0.15) is 36.2 Å². The van der Waals surface area contributed by atoms with Gasteiger partial charge in [0, 0.05) is 30.0 Å². The zero-order valence-electron chi connectivity index (χ0n) is 24.3. The van der Waals surface area contributed by atoms with E-state index in [-0.39, 0.29) is 16.7 Å². The standard InChI is InChI=1S/C31H38N4O6S/c1-21(2)19-27(33-30(36)26-8-6-5-7-22(26)3)31(37)32-24-11-14-28(35-15-17-41-18-16-35)29(20-24)42(38,39)34-23-9-12-25(40-4)13-10-23/h5-14,20-21,27,34H,15-19H2,1-4H3,(H,32,37)(H,33,36). The molecule has 4 rings (SSSR count). The monoisotopic (exact) mass is 594 g/mol. The minimum Gasteiger partial charge on any atom is -0.497 e. The molecule has 10 nitrogen and oxygen atoms in total. The lowest BCUT2D eigenvalue weighted by Crippen LogP contribution is -2.44. The van der Waals surface area contributed by atoms with Crippen molar-refractivity contribution >= 4 is 38.9 Å². The smallest absolute Gasteiger partial charge is 0.264 e. The summed E-state index contributed by atoms with van der Waals surface area (Å²) >= 11 is 0. The minimum absolute atomic E-state index is 0.0161. The number of nitrogens with one attached hydrogen (secondary N) is 3. The highest BCUT2D eigenvalue weighted by Gasteiger charge is 2.27. The number of anilines is 3. The number of methoxy groups -OCH3 is 1. The number of rotatable bonds is 11. The molecule has 1 saturated heterocycles. The van der Waals surface area contributed by atoms with Crippen LogP contribution in [-0.2, 0) is 19.6 Å². The molecule has 1 fully saturated rings. The van der Waals surface area contributed by atoms with Crippen molar-refractivity contribution in [2.24, 2.45) is 5.92 Å². The van der Waals surface area contributed by atoms with Crippen LogP contribution in [0, 0.1) is 12.8 Å². The number of benzene rings is 3. The fourth-order valence-electron chi connectivity index (χ4n) is 4.74. The van der Waals surface area contributed by atoms with Gasteiger partial charge in [-0.1, -0.05) is 32.0 Å². The Morgan fingerprint density at radius 1 is 0.976 bits per heavy atom. The number of sulfonamides is 1. The molecular weight excluding hydrogens is 556 g/mol. The lowest BCUT2D eigenvalue weighted by Gasteiger charge is -2.30. The molecule has 0 bridgehead atoms. The van der Waals surface area contributed by atoms with Crippen LogP contribution in [0.2, 0.25) is 0 Å². The van der Waals surface area contributed by atoms with E-state index in [1.165, 1.54) is 13.2 Å². The van der Waals surface area contributed by atoms with E-state index < -0.39 is 22.0 Å². The van der Waals surface area contributed by atoms with E-state index in [9.17, 15) is 18.0 Å². The van der Waals surface area contributed by atoms with Crippen LogP contribution >= 0.6 is 0 Å². The molecular formula is C31H38N4O6S. The van der Waals surface area contributed by atoms with Crippen LogP contribution in [0.3, 0.4) is 0 Å². The van der Waals surface area contributed by atoms with Gasteiger partial charge in [-0.15, -0.1) is 0 Å². The molecule has 0 saturated carbocycles. The number of carbonyl (C=O) groups excluding carboxylic acids is 2. The number of hydrogen-bond acceptors (Lipinski definition) is 7. The number of morpholine rings is 1. The maximum atomic E-state index is 13.7. The van der Waals surface area contributed by atoms with E-state index in [1.54, 1.807) is 48.5 Å². The summed E-state index contributed by atoms with van der Waals surface area (Å²) in [6.07, 6.45) is 0.402. The second-order valence-corrected chi connectivity index (χ2v) is 12.2. The summed E-state index contributed by atoms with van der Waals surface area (Å²) in [6.45, 7) is 7.77. The summed E-state index contributed by atoms with van der Waals surface area (Å²) in [4.78, 5) is 28.5. The van der Waals surface area contributed by atoms with Gasteiger partial charge in [0.05, 0.1) is 26.0 Å². The number of nitrogens with zero attached hydrogens (tertiary/aromatic N) is 1. The molecule has 0 spiro atoms. The molecule has 0 aromatic heterocycles. The van der Waals surface area contributed by atoms with Gasteiger partial charge in [-0.25, -0.2) is 8.42 Å². The summed E-state index contributed by atoms with van der Waals surface area (Å²) in [7, 11) is -2.53. The highest BCUT2D eigenvalue weighted by atomic mass is 32.2. The Bertz CT molecular complexity index is 1500. The van der Waals surface area contributed by atoms with Crippen molar-refractivity contribution in [1.82, 2.24) is 5.32 Å². The van der Waals surface area contributed by atoms with Gasteiger partial charge >= 0.3 is 0 Å². The molecule has 224 valence electrons. The molecule has 0 aliphatic carbocycles. The Kier molecular flexibility index (Phi) is 10.1. The van der Waals surface area contributed by atoms with E-state index in [0.717, 1.165) is 5.56 Å². The first kappa shape index (κ1) is 30.9. The van der Waals surface area contributed by atoms with Gasteiger partial charge in [0.25, 0.3) is 15.9 Å². The molecule has 1 unspecified atom stereocenters. The summed E-state index contributed by atoms with van der Waals surface area (Å²) in [5.41, 5.74) is 2.47. The normalized spacial score (nSPS) is 14.3. The molecule has 1 atom stereocenters. The van der Waals surface area contributed by atoms with Gasteiger partial charge in [0.2, 0.25) is 5.91 Å². The molecule has 0 radical (unpaired) electrons. The average Bonchev–Trinajstić information content (AvgIpc) is 2.97. The van der Waals surface area contributed by atoms with Gasteiger partial charge in [-0.2, -0.15) is 0 Å². The predicted molar refractivity (Wildman–Crippen MR) is 164 cm³/mol. The topological polar surface area (TPSA) is 126 Å². The zero-order chi connectivity index (χ0) is 30.3. The van der Waals surface area contributed by atoms with Crippen molar-refractivity contribution < 1.29 is 27.5 Å². The quantitative estimate of drug-likeness (QED) is 0.300. The molecule has 11 heteroatoms. The van der Waals surface area contributed by atoms with Crippen molar-refractivity contribution in [3.05, 3.63) is 77.9 Å². The molecule has 2 amide bonds. The predicted octanol–water partition coefficient (Wildman–Crippen LogP) is 4.42. The van der Waals surface area contributed by atoms with E-state index in [2.05, 4.69) is 15.4 Å². The molecule has 1 heterocycles. The third-order valence-corrected chi connectivity index (χ3v) is 8.34. The Balaban J connectivity index is 1.62. The Hall–Kier alpha value is -4.09. The Labute approximate surface area is 247 Å². The first-order valence-electron chi connectivity index (χ1n) is 13.9. The van der Waals surface area contributed by atoms with Crippen LogP contribution in [-0.4, -0.2) is 59.7 Å². The van der Waals surface area contributed by atoms with E-state index in [1.807, 2.05) is 37.8 Å². The molecule has 1 aliphatic rings.